The molecule has 1 aliphatic heterocycles. The lowest BCUT2D eigenvalue weighted by Crippen LogP contribution is -2.58. The summed E-state index contributed by atoms with van der Waals surface area (Å²) in [6.45, 7) is 5.59. The van der Waals surface area contributed by atoms with Gasteiger partial charge in [0.25, 0.3) is 0 Å². The highest BCUT2D eigenvalue weighted by molar-refractivity contribution is 6.36. The Morgan fingerprint density at radius 3 is 2.39 bits per heavy atom. The van der Waals surface area contributed by atoms with Crippen molar-refractivity contribution in [2.24, 2.45) is 0 Å². The van der Waals surface area contributed by atoms with Gasteiger partial charge in [0.2, 0.25) is 12.0 Å². The fourth-order valence-corrected chi connectivity index (χ4v) is 6.29. The molecule has 0 saturated carbocycles. The molecule has 0 bridgehead atoms. The number of carboxylic acids is 1. The number of nitrogens with zero attached hydrogens (tertiary/aromatic N) is 3. The number of aryl methyl sites for hydroxylation is 3. The van der Waals surface area contributed by atoms with E-state index in [1.165, 1.54) is 0 Å². The van der Waals surface area contributed by atoms with E-state index in [0.717, 1.165) is 24.8 Å². The molecule has 44 heavy (non-hydrogen) atoms. The lowest BCUT2D eigenvalue weighted by atomic mass is 9.76. The molecule has 2 heterocycles. The van der Waals surface area contributed by atoms with Crippen LogP contribution >= 0.6 is 23.2 Å². The fourth-order valence-electron chi connectivity index (χ4n) is 5.77. The number of anilines is 1. The summed E-state index contributed by atoms with van der Waals surface area (Å²) < 4.78 is 6.24. The van der Waals surface area contributed by atoms with Crippen LogP contribution < -0.4 is 15.0 Å². The minimum atomic E-state index is -1.57. The summed E-state index contributed by atoms with van der Waals surface area (Å²) in [6, 6.07) is 21.9. The largest absolute Gasteiger partial charge is 0.478 e. The lowest BCUT2D eigenvalue weighted by Gasteiger charge is -2.39. The SMILES string of the molecule is CCCCc1cccc(C2(C(Oc3nc(C)cc(C)n3)C(=O)O)NCC(=O)N(Cc3c(Cl)cccc3Cl)c3ccccc32)c1. The Morgan fingerprint density at radius 1 is 1.02 bits per heavy atom. The Kier molecular flexibility index (Phi) is 9.53. The summed E-state index contributed by atoms with van der Waals surface area (Å²) in [5.74, 6) is -1.53. The number of aromatic nitrogens is 2. The second-order valence-corrected chi connectivity index (χ2v) is 11.7. The molecular weight excluding hydrogens is 599 g/mol. The third-order valence-electron chi connectivity index (χ3n) is 7.82. The van der Waals surface area contributed by atoms with Gasteiger partial charge in [-0.2, -0.15) is 0 Å². The van der Waals surface area contributed by atoms with E-state index in [-0.39, 0.29) is 25.0 Å². The Morgan fingerprint density at radius 2 is 1.70 bits per heavy atom. The van der Waals surface area contributed by atoms with E-state index < -0.39 is 17.6 Å². The molecule has 4 aromatic rings. The Hall–Kier alpha value is -3.98. The van der Waals surface area contributed by atoms with E-state index in [4.69, 9.17) is 27.9 Å². The molecule has 10 heteroatoms. The number of carboxylic acid groups (broad SMARTS) is 1. The number of nitrogens with one attached hydrogen (secondary N) is 1. The zero-order valence-corrected chi connectivity index (χ0v) is 26.3. The molecule has 2 atom stereocenters. The van der Waals surface area contributed by atoms with Crippen LogP contribution in [-0.2, 0) is 28.1 Å². The molecule has 0 aliphatic carbocycles. The minimum Gasteiger partial charge on any atom is -0.478 e. The summed E-state index contributed by atoms with van der Waals surface area (Å²) in [7, 11) is 0. The number of ether oxygens (including phenoxy) is 1. The second-order valence-electron chi connectivity index (χ2n) is 10.9. The molecule has 0 radical (unpaired) electrons. The quantitative estimate of drug-likeness (QED) is 0.201. The highest BCUT2D eigenvalue weighted by Crippen LogP contribution is 2.43. The van der Waals surface area contributed by atoms with Gasteiger partial charge >= 0.3 is 12.0 Å². The smallest absolute Gasteiger partial charge is 0.347 e. The zero-order chi connectivity index (χ0) is 31.4. The molecule has 2 unspecified atom stereocenters. The van der Waals surface area contributed by atoms with Crippen LogP contribution in [0.2, 0.25) is 10.0 Å². The van der Waals surface area contributed by atoms with Gasteiger partial charge in [0.15, 0.2) is 0 Å². The lowest BCUT2D eigenvalue weighted by molar-refractivity contribution is -0.149. The number of fused-ring (bicyclic) bond motifs is 1. The number of unbranched alkanes of at least 4 members (excludes halogenated alkanes) is 1. The maximum absolute atomic E-state index is 13.9. The van der Waals surface area contributed by atoms with Crippen molar-refractivity contribution in [1.82, 2.24) is 15.3 Å². The number of carbonyl (C=O) groups excluding carboxylic acids is 1. The van der Waals surface area contributed by atoms with Gasteiger partial charge in [0.1, 0.15) is 5.54 Å². The van der Waals surface area contributed by atoms with Gasteiger partial charge in [0, 0.05) is 38.2 Å². The van der Waals surface area contributed by atoms with Crippen LogP contribution in [0.1, 0.15) is 53.4 Å². The van der Waals surface area contributed by atoms with Gasteiger partial charge in [0.05, 0.1) is 13.1 Å². The van der Waals surface area contributed by atoms with Crippen LogP contribution in [0, 0.1) is 13.8 Å². The first-order valence-corrected chi connectivity index (χ1v) is 15.3. The van der Waals surface area contributed by atoms with Crippen LogP contribution in [0.5, 0.6) is 6.01 Å². The molecule has 1 aromatic heterocycles. The first-order chi connectivity index (χ1) is 21.1. The second kappa shape index (κ2) is 13.3. The Balaban J connectivity index is 1.75. The number of aliphatic carboxylic acids is 1. The molecule has 228 valence electrons. The van der Waals surface area contributed by atoms with E-state index >= 15 is 0 Å². The molecule has 1 amide bonds. The molecular formula is C34H34Cl2N4O4. The molecule has 5 rings (SSSR count). The predicted octanol–water partition coefficient (Wildman–Crippen LogP) is 6.66. The number of halogens is 2. The highest BCUT2D eigenvalue weighted by atomic mass is 35.5. The molecule has 0 fully saturated rings. The average Bonchev–Trinajstić information content (AvgIpc) is 3.11. The number of benzene rings is 3. The van der Waals surface area contributed by atoms with Crippen LogP contribution in [0.4, 0.5) is 5.69 Å². The molecule has 2 N–H and O–H groups in total. The van der Waals surface area contributed by atoms with E-state index in [2.05, 4.69) is 22.2 Å². The van der Waals surface area contributed by atoms with Crippen LogP contribution in [0.3, 0.4) is 0 Å². The number of carbonyl (C=O) groups is 2. The Bertz CT molecular complexity index is 1660. The fraction of sp³-hybridized carbons (Fsp3) is 0.294. The third-order valence-corrected chi connectivity index (χ3v) is 8.53. The predicted molar refractivity (Wildman–Crippen MR) is 171 cm³/mol. The van der Waals surface area contributed by atoms with Gasteiger partial charge in [-0.15, -0.1) is 0 Å². The van der Waals surface area contributed by atoms with Crippen LogP contribution in [0.15, 0.2) is 72.8 Å². The van der Waals surface area contributed by atoms with E-state index in [1.807, 2.05) is 42.5 Å². The van der Waals surface area contributed by atoms with Crippen molar-refractivity contribution >= 4 is 40.8 Å². The molecule has 0 spiro atoms. The summed E-state index contributed by atoms with van der Waals surface area (Å²) in [6.07, 6.45) is 1.23. The zero-order valence-electron chi connectivity index (χ0n) is 24.8. The molecule has 0 saturated heterocycles. The van der Waals surface area contributed by atoms with Gasteiger partial charge in [-0.1, -0.05) is 85.1 Å². The number of hydrogen-bond donors (Lipinski definition) is 2. The first kappa shape index (κ1) is 31.4. The Labute approximate surface area is 267 Å². The summed E-state index contributed by atoms with van der Waals surface area (Å²) in [4.78, 5) is 37.6. The van der Waals surface area contributed by atoms with Crippen molar-refractivity contribution in [2.75, 3.05) is 11.4 Å². The number of para-hydroxylation sites is 1. The first-order valence-electron chi connectivity index (χ1n) is 14.5. The van der Waals surface area contributed by atoms with Crippen molar-refractivity contribution in [3.8, 4) is 6.01 Å². The summed E-state index contributed by atoms with van der Waals surface area (Å²) in [5, 5.41) is 15.1. The molecule has 8 nitrogen and oxygen atoms in total. The minimum absolute atomic E-state index is 0.0639. The van der Waals surface area contributed by atoms with Gasteiger partial charge in [-0.3, -0.25) is 10.1 Å². The van der Waals surface area contributed by atoms with E-state index in [9.17, 15) is 14.7 Å². The van der Waals surface area contributed by atoms with Crippen molar-refractivity contribution < 1.29 is 19.4 Å². The molecule has 1 aliphatic rings. The van der Waals surface area contributed by atoms with Gasteiger partial charge < -0.3 is 14.7 Å². The number of rotatable bonds is 10. The van der Waals surface area contributed by atoms with Crippen molar-refractivity contribution in [1.29, 1.82) is 0 Å². The maximum atomic E-state index is 13.9. The van der Waals surface area contributed by atoms with Crippen molar-refractivity contribution in [3.63, 3.8) is 0 Å². The standard InChI is InChI=1S/C34H34Cl2N4O4/c1-4-5-10-23-11-8-12-24(18-23)34(31(32(42)43)44-33-38-21(2)17-22(3)39-33)26-13-6-7-16-29(26)40(30(41)19-37-34)20-25-27(35)14-9-15-28(25)36/h6-9,11-18,31,37H,4-5,10,19-20H2,1-3H3,(H,42,43). The van der Waals surface area contributed by atoms with E-state index in [0.29, 0.717) is 43.8 Å². The summed E-state index contributed by atoms with van der Waals surface area (Å²) >= 11 is 13.1. The highest BCUT2D eigenvalue weighted by Gasteiger charge is 2.52. The summed E-state index contributed by atoms with van der Waals surface area (Å²) in [5.41, 5.74) is 3.07. The maximum Gasteiger partial charge on any atom is 0.347 e. The van der Waals surface area contributed by atoms with Gasteiger partial charge in [-0.25, -0.2) is 14.8 Å². The molecule has 3 aromatic carbocycles. The third kappa shape index (κ3) is 6.29. The number of amides is 1. The van der Waals surface area contributed by atoms with Gasteiger partial charge in [-0.05, 0) is 62.1 Å². The average molecular weight is 634 g/mol. The topological polar surface area (TPSA) is 105 Å². The normalized spacial score (nSPS) is 17.1. The van der Waals surface area contributed by atoms with Crippen molar-refractivity contribution in [2.45, 2.75) is 58.2 Å². The number of hydrogen-bond acceptors (Lipinski definition) is 6. The van der Waals surface area contributed by atoms with E-state index in [1.54, 1.807) is 49.1 Å². The van der Waals surface area contributed by atoms with Crippen LogP contribution in [0.25, 0.3) is 0 Å². The van der Waals surface area contributed by atoms with Crippen molar-refractivity contribution in [3.05, 3.63) is 116 Å². The monoisotopic (exact) mass is 632 g/mol. The van der Waals surface area contributed by atoms with Crippen LogP contribution in [-0.4, -0.2) is 39.6 Å².